The first-order valence-corrected chi connectivity index (χ1v) is 9.81. The number of carbonyl (C=O) groups excluding carboxylic acids is 1. The summed E-state index contributed by atoms with van der Waals surface area (Å²) in [5.41, 5.74) is 3.11. The van der Waals surface area contributed by atoms with Gasteiger partial charge in [0.2, 0.25) is 10.0 Å². The molecule has 0 atom stereocenters. The van der Waals surface area contributed by atoms with Crippen molar-refractivity contribution in [2.24, 2.45) is 0 Å². The van der Waals surface area contributed by atoms with E-state index in [0.29, 0.717) is 0 Å². The number of rotatable bonds is 7. The second kappa shape index (κ2) is 8.78. The SMILES string of the molecule is CCOC(=O)/C(=C\c1ccc(C)cc1)CNS(=O)(=O)c1ccc(C)cc1. The fourth-order valence-corrected chi connectivity index (χ4v) is 3.25. The Morgan fingerprint density at radius 3 is 2.08 bits per heavy atom. The molecule has 0 aliphatic heterocycles. The Morgan fingerprint density at radius 2 is 1.54 bits per heavy atom. The average Bonchev–Trinajstić information content (AvgIpc) is 2.61. The van der Waals surface area contributed by atoms with Crippen molar-refractivity contribution in [3.8, 4) is 0 Å². The van der Waals surface area contributed by atoms with E-state index in [-0.39, 0.29) is 23.6 Å². The van der Waals surface area contributed by atoms with E-state index in [9.17, 15) is 13.2 Å². The maximum Gasteiger partial charge on any atom is 0.335 e. The van der Waals surface area contributed by atoms with Gasteiger partial charge in [0, 0.05) is 6.54 Å². The Morgan fingerprint density at radius 1 is 1.00 bits per heavy atom. The molecule has 0 aliphatic rings. The van der Waals surface area contributed by atoms with E-state index < -0.39 is 16.0 Å². The summed E-state index contributed by atoms with van der Waals surface area (Å²) in [4.78, 5) is 12.3. The van der Waals surface area contributed by atoms with Gasteiger partial charge in [0.05, 0.1) is 17.1 Å². The van der Waals surface area contributed by atoms with Crippen molar-refractivity contribution < 1.29 is 17.9 Å². The molecular formula is C20H23NO4S. The van der Waals surface area contributed by atoms with Gasteiger partial charge in [0.1, 0.15) is 0 Å². The number of benzene rings is 2. The maximum atomic E-state index is 12.4. The van der Waals surface area contributed by atoms with Crippen LogP contribution in [0, 0.1) is 13.8 Å². The lowest BCUT2D eigenvalue weighted by Gasteiger charge is -2.10. The molecule has 5 nitrogen and oxygen atoms in total. The van der Waals surface area contributed by atoms with Gasteiger partial charge in [-0.1, -0.05) is 47.5 Å². The number of esters is 1. The fourth-order valence-electron chi connectivity index (χ4n) is 2.24. The number of carbonyl (C=O) groups is 1. The van der Waals surface area contributed by atoms with Crippen LogP contribution in [0.1, 0.15) is 23.6 Å². The molecule has 0 radical (unpaired) electrons. The molecule has 0 bridgehead atoms. The number of nitrogens with one attached hydrogen (secondary N) is 1. The minimum absolute atomic E-state index is 0.150. The highest BCUT2D eigenvalue weighted by atomic mass is 32.2. The Bertz CT molecular complexity index is 882. The molecule has 0 saturated heterocycles. The number of hydrogen-bond acceptors (Lipinski definition) is 4. The monoisotopic (exact) mass is 373 g/mol. The van der Waals surface area contributed by atoms with Crippen molar-refractivity contribution in [1.29, 1.82) is 0 Å². The Balaban J connectivity index is 2.22. The molecule has 0 saturated carbocycles. The normalized spacial score (nSPS) is 12.0. The third-order valence-electron chi connectivity index (χ3n) is 3.74. The predicted molar refractivity (Wildman–Crippen MR) is 102 cm³/mol. The van der Waals surface area contributed by atoms with Crippen LogP contribution in [0.2, 0.25) is 0 Å². The first kappa shape index (κ1) is 19.9. The average molecular weight is 373 g/mol. The van der Waals surface area contributed by atoms with E-state index in [1.807, 2.05) is 38.1 Å². The Labute approximate surface area is 154 Å². The van der Waals surface area contributed by atoms with E-state index in [0.717, 1.165) is 16.7 Å². The fraction of sp³-hybridized carbons (Fsp3) is 0.250. The van der Waals surface area contributed by atoms with Crippen LogP contribution in [-0.4, -0.2) is 27.5 Å². The number of ether oxygens (including phenoxy) is 1. The molecule has 6 heteroatoms. The molecule has 2 rings (SSSR count). The minimum Gasteiger partial charge on any atom is -0.463 e. The van der Waals surface area contributed by atoms with Gasteiger partial charge in [-0.05, 0) is 44.5 Å². The van der Waals surface area contributed by atoms with E-state index in [1.165, 1.54) is 12.1 Å². The van der Waals surface area contributed by atoms with Crippen molar-refractivity contribution >= 4 is 22.1 Å². The molecule has 0 aromatic heterocycles. The maximum absolute atomic E-state index is 12.4. The van der Waals surface area contributed by atoms with Gasteiger partial charge in [-0.3, -0.25) is 0 Å². The highest BCUT2D eigenvalue weighted by Crippen LogP contribution is 2.13. The van der Waals surface area contributed by atoms with E-state index in [2.05, 4.69) is 4.72 Å². The summed E-state index contributed by atoms with van der Waals surface area (Å²) >= 11 is 0. The van der Waals surface area contributed by atoms with Gasteiger partial charge >= 0.3 is 5.97 Å². The number of hydrogen-bond donors (Lipinski definition) is 1. The lowest BCUT2D eigenvalue weighted by atomic mass is 10.1. The molecule has 26 heavy (non-hydrogen) atoms. The van der Waals surface area contributed by atoms with Crippen LogP contribution < -0.4 is 4.72 Å². The third kappa shape index (κ3) is 5.54. The molecule has 0 aliphatic carbocycles. The van der Waals surface area contributed by atoms with Gasteiger partial charge in [0.25, 0.3) is 0 Å². The minimum atomic E-state index is -3.72. The largest absolute Gasteiger partial charge is 0.463 e. The second-order valence-corrected chi connectivity index (χ2v) is 7.71. The van der Waals surface area contributed by atoms with E-state index in [1.54, 1.807) is 25.1 Å². The van der Waals surface area contributed by atoms with Crippen molar-refractivity contribution in [1.82, 2.24) is 4.72 Å². The van der Waals surface area contributed by atoms with Crippen LogP contribution in [0.15, 0.2) is 59.0 Å². The molecule has 2 aromatic rings. The van der Waals surface area contributed by atoms with Crippen LogP contribution in [0.5, 0.6) is 0 Å². The van der Waals surface area contributed by atoms with Crippen molar-refractivity contribution in [2.75, 3.05) is 13.2 Å². The second-order valence-electron chi connectivity index (χ2n) is 5.94. The highest BCUT2D eigenvalue weighted by molar-refractivity contribution is 7.89. The van der Waals surface area contributed by atoms with Crippen LogP contribution in [0.25, 0.3) is 6.08 Å². The van der Waals surface area contributed by atoms with E-state index >= 15 is 0 Å². The Hall–Kier alpha value is -2.44. The number of aryl methyl sites for hydroxylation is 2. The molecule has 2 aromatic carbocycles. The third-order valence-corrected chi connectivity index (χ3v) is 5.16. The van der Waals surface area contributed by atoms with Gasteiger partial charge in [-0.2, -0.15) is 0 Å². The first-order chi connectivity index (χ1) is 12.3. The first-order valence-electron chi connectivity index (χ1n) is 8.32. The topological polar surface area (TPSA) is 72.5 Å². The summed E-state index contributed by atoms with van der Waals surface area (Å²) in [6, 6.07) is 14.1. The smallest absolute Gasteiger partial charge is 0.335 e. The summed E-state index contributed by atoms with van der Waals surface area (Å²) in [5.74, 6) is -0.542. The molecule has 0 heterocycles. The summed E-state index contributed by atoms with van der Waals surface area (Å²) in [5, 5.41) is 0. The van der Waals surface area contributed by atoms with Crippen LogP contribution >= 0.6 is 0 Å². The van der Waals surface area contributed by atoms with Crippen LogP contribution in [-0.2, 0) is 19.6 Å². The van der Waals surface area contributed by atoms with Gasteiger partial charge < -0.3 is 4.74 Å². The van der Waals surface area contributed by atoms with Gasteiger partial charge in [-0.25, -0.2) is 17.9 Å². The summed E-state index contributed by atoms with van der Waals surface area (Å²) in [7, 11) is -3.72. The summed E-state index contributed by atoms with van der Waals surface area (Å²) in [6.07, 6.45) is 1.63. The molecule has 1 N–H and O–H groups in total. The van der Waals surface area contributed by atoms with Gasteiger partial charge in [0.15, 0.2) is 0 Å². The summed E-state index contributed by atoms with van der Waals surface area (Å²) < 4.78 is 32.4. The molecule has 0 unspecified atom stereocenters. The lowest BCUT2D eigenvalue weighted by Crippen LogP contribution is -2.28. The lowest BCUT2D eigenvalue weighted by molar-refractivity contribution is -0.138. The van der Waals surface area contributed by atoms with Gasteiger partial charge in [-0.15, -0.1) is 0 Å². The molecule has 0 amide bonds. The number of sulfonamides is 1. The Kier molecular flexibility index (Phi) is 6.71. The predicted octanol–water partition coefficient (Wildman–Crippen LogP) is 3.23. The van der Waals surface area contributed by atoms with Crippen LogP contribution in [0.3, 0.4) is 0 Å². The quantitative estimate of drug-likeness (QED) is 0.597. The highest BCUT2D eigenvalue weighted by Gasteiger charge is 2.17. The van der Waals surface area contributed by atoms with Crippen LogP contribution in [0.4, 0.5) is 0 Å². The summed E-state index contributed by atoms with van der Waals surface area (Å²) in [6.45, 7) is 5.62. The molecule has 138 valence electrons. The zero-order valence-electron chi connectivity index (χ0n) is 15.2. The molecular weight excluding hydrogens is 350 g/mol. The van der Waals surface area contributed by atoms with E-state index in [4.69, 9.17) is 4.74 Å². The standard InChI is InChI=1S/C20H23NO4S/c1-4-25-20(22)18(13-17-9-5-15(2)6-10-17)14-21-26(23,24)19-11-7-16(3)8-12-19/h5-13,21H,4,14H2,1-3H3/b18-13-. The zero-order chi connectivity index (χ0) is 19.2. The van der Waals surface area contributed by atoms with Crippen molar-refractivity contribution in [2.45, 2.75) is 25.7 Å². The molecule has 0 fully saturated rings. The zero-order valence-corrected chi connectivity index (χ0v) is 16.0. The van der Waals surface area contributed by atoms with Crippen molar-refractivity contribution in [3.63, 3.8) is 0 Å². The molecule has 0 spiro atoms. The van der Waals surface area contributed by atoms with Crippen molar-refractivity contribution in [3.05, 3.63) is 70.8 Å².